The van der Waals surface area contributed by atoms with Crippen molar-refractivity contribution in [2.24, 2.45) is 0 Å². The highest BCUT2D eigenvalue weighted by Crippen LogP contribution is 2.07. The van der Waals surface area contributed by atoms with E-state index in [1.165, 1.54) is 5.56 Å². The first-order valence-electron chi connectivity index (χ1n) is 7.33. The number of rotatable bonds is 6. The summed E-state index contributed by atoms with van der Waals surface area (Å²) in [4.78, 5) is 0. The Kier molecular flexibility index (Phi) is 5.75. The van der Waals surface area contributed by atoms with Gasteiger partial charge in [-0.15, -0.1) is 0 Å². The van der Waals surface area contributed by atoms with Crippen LogP contribution in [0.2, 0.25) is 0 Å². The first-order chi connectivity index (χ1) is 10.2. The van der Waals surface area contributed by atoms with Gasteiger partial charge < -0.3 is 10.6 Å². The zero-order valence-corrected chi connectivity index (χ0v) is 13.5. The van der Waals surface area contributed by atoms with Crippen LogP contribution in [0.5, 0.6) is 0 Å². The van der Waals surface area contributed by atoms with E-state index in [2.05, 4.69) is 64.5 Å². The Morgan fingerprint density at radius 1 is 1.29 bits per heavy atom. The van der Waals surface area contributed by atoms with Crippen LogP contribution in [-0.4, -0.2) is 16.2 Å². The van der Waals surface area contributed by atoms with Crippen molar-refractivity contribution in [2.45, 2.75) is 33.4 Å². The van der Waals surface area contributed by atoms with Crippen LogP contribution in [0.15, 0.2) is 43.0 Å². The second kappa shape index (κ2) is 7.78. The van der Waals surface area contributed by atoms with Crippen molar-refractivity contribution in [2.75, 3.05) is 11.9 Å². The van der Waals surface area contributed by atoms with Crippen molar-refractivity contribution in [3.63, 3.8) is 0 Å². The van der Waals surface area contributed by atoms with Crippen molar-refractivity contribution in [3.05, 3.63) is 48.5 Å². The lowest BCUT2D eigenvalue weighted by atomic mass is 10.2. The molecule has 2 aromatic rings. The number of nitrogens with zero attached hydrogens (tertiary/aromatic N) is 2. The molecule has 0 amide bonds. The largest absolute Gasteiger partial charge is 0.362 e. The Morgan fingerprint density at radius 3 is 2.71 bits per heavy atom. The Bertz CT molecular complexity index is 574. The Labute approximate surface area is 131 Å². The van der Waals surface area contributed by atoms with Gasteiger partial charge in [0, 0.05) is 18.7 Å². The molecular weight excluding hydrogens is 280 g/mol. The smallest absolute Gasteiger partial charge is 0.243 e. The van der Waals surface area contributed by atoms with Crippen LogP contribution in [0.3, 0.4) is 0 Å². The SMILES string of the molecule is CCn1cc[n+](CCCNC(=S)Nc2ccc(C)cc2)c1. The van der Waals surface area contributed by atoms with Gasteiger partial charge >= 0.3 is 0 Å². The molecule has 0 fully saturated rings. The van der Waals surface area contributed by atoms with Gasteiger partial charge in [-0.3, -0.25) is 0 Å². The maximum absolute atomic E-state index is 5.29. The summed E-state index contributed by atoms with van der Waals surface area (Å²) in [7, 11) is 0. The van der Waals surface area contributed by atoms with E-state index in [4.69, 9.17) is 12.2 Å². The highest BCUT2D eigenvalue weighted by molar-refractivity contribution is 7.80. The van der Waals surface area contributed by atoms with Gasteiger partial charge in [-0.05, 0) is 38.2 Å². The fourth-order valence-electron chi connectivity index (χ4n) is 2.03. The molecule has 112 valence electrons. The number of aryl methyl sites for hydroxylation is 3. The predicted octanol–water partition coefficient (Wildman–Crippen LogP) is 2.48. The molecule has 1 aromatic heterocycles. The summed E-state index contributed by atoms with van der Waals surface area (Å²) < 4.78 is 4.36. The number of thiocarbonyl (C=S) groups is 1. The molecule has 0 radical (unpaired) electrons. The van der Waals surface area contributed by atoms with Gasteiger partial charge in [0.25, 0.3) is 0 Å². The second-order valence-electron chi connectivity index (χ2n) is 5.08. The van der Waals surface area contributed by atoms with E-state index >= 15 is 0 Å². The zero-order chi connectivity index (χ0) is 15.1. The first kappa shape index (κ1) is 15.5. The van der Waals surface area contributed by atoms with E-state index in [0.717, 1.165) is 31.7 Å². The number of aromatic nitrogens is 2. The van der Waals surface area contributed by atoms with Crippen LogP contribution in [-0.2, 0) is 13.1 Å². The average Bonchev–Trinajstić information content (AvgIpc) is 2.94. The summed E-state index contributed by atoms with van der Waals surface area (Å²) >= 11 is 5.29. The number of imidazole rings is 1. The van der Waals surface area contributed by atoms with E-state index < -0.39 is 0 Å². The van der Waals surface area contributed by atoms with Crippen molar-refractivity contribution in [3.8, 4) is 0 Å². The molecule has 0 bridgehead atoms. The standard InChI is InChI=1S/C16H22N4S/c1-3-19-11-12-20(13-19)10-4-9-17-16(21)18-15-7-5-14(2)6-8-15/h5-8,11-13H,3-4,9-10H2,1-2H3,(H-,17,18,21)/p+1. The minimum atomic E-state index is 0.676. The third-order valence-electron chi connectivity index (χ3n) is 3.30. The number of hydrogen-bond acceptors (Lipinski definition) is 1. The average molecular weight is 303 g/mol. The van der Waals surface area contributed by atoms with Gasteiger partial charge in [0.05, 0.1) is 13.1 Å². The molecule has 21 heavy (non-hydrogen) atoms. The van der Waals surface area contributed by atoms with Gasteiger partial charge in [-0.25, -0.2) is 9.13 Å². The van der Waals surface area contributed by atoms with E-state index in [1.807, 2.05) is 12.1 Å². The van der Waals surface area contributed by atoms with Gasteiger partial charge in [0.15, 0.2) is 5.11 Å². The van der Waals surface area contributed by atoms with Gasteiger partial charge in [0.1, 0.15) is 12.4 Å². The van der Waals surface area contributed by atoms with Crippen LogP contribution < -0.4 is 15.2 Å². The molecule has 0 aliphatic heterocycles. The summed E-state index contributed by atoms with van der Waals surface area (Å²) in [6, 6.07) is 8.21. The molecule has 5 heteroatoms. The van der Waals surface area contributed by atoms with Crippen LogP contribution >= 0.6 is 12.2 Å². The Hall–Kier alpha value is -1.88. The molecule has 1 aromatic carbocycles. The third kappa shape index (κ3) is 5.19. The molecule has 4 nitrogen and oxygen atoms in total. The molecule has 0 saturated heterocycles. The Balaban J connectivity index is 1.66. The molecule has 2 N–H and O–H groups in total. The summed E-state index contributed by atoms with van der Waals surface area (Å²) in [5, 5.41) is 7.10. The van der Waals surface area contributed by atoms with E-state index in [1.54, 1.807) is 0 Å². The van der Waals surface area contributed by atoms with E-state index in [-0.39, 0.29) is 0 Å². The topological polar surface area (TPSA) is 32.9 Å². The van der Waals surface area contributed by atoms with Crippen LogP contribution in [0.1, 0.15) is 18.9 Å². The quantitative estimate of drug-likeness (QED) is 0.489. The molecule has 0 spiro atoms. The number of anilines is 1. The zero-order valence-electron chi connectivity index (χ0n) is 12.7. The molecule has 1 heterocycles. The van der Waals surface area contributed by atoms with Crippen molar-refractivity contribution in [1.82, 2.24) is 9.88 Å². The molecule has 0 atom stereocenters. The fraction of sp³-hybridized carbons (Fsp3) is 0.375. The highest BCUT2D eigenvalue weighted by atomic mass is 32.1. The van der Waals surface area contributed by atoms with Crippen LogP contribution in [0.25, 0.3) is 0 Å². The van der Waals surface area contributed by atoms with E-state index in [9.17, 15) is 0 Å². The summed E-state index contributed by atoms with van der Waals surface area (Å²) in [6.45, 7) is 7.08. The number of hydrogen-bond donors (Lipinski definition) is 2. The number of benzene rings is 1. The van der Waals surface area contributed by atoms with Crippen molar-refractivity contribution < 1.29 is 4.57 Å². The first-order valence-corrected chi connectivity index (χ1v) is 7.74. The predicted molar refractivity (Wildman–Crippen MR) is 90.3 cm³/mol. The van der Waals surface area contributed by atoms with Gasteiger partial charge in [-0.2, -0.15) is 0 Å². The van der Waals surface area contributed by atoms with Gasteiger partial charge in [0.2, 0.25) is 6.33 Å². The third-order valence-corrected chi connectivity index (χ3v) is 3.55. The van der Waals surface area contributed by atoms with Crippen molar-refractivity contribution in [1.29, 1.82) is 0 Å². The highest BCUT2D eigenvalue weighted by Gasteiger charge is 2.02. The summed E-state index contributed by atoms with van der Waals surface area (Å²) in [5.41, 5.74) is 2.27. The normalized spacial score (nSPS) is 10.4. The molecule has 0 aliphatic rings. The lowest BCUT2D eigenvalue weighted by molar-refractivity contribution is -0.696. The van der Waals surface area contributed by atoms with Crippen LogP contribution in [0.4, 0.5) is 5.69 Å². The Morgan fingerprint density at radius 2 is 2.05 bits per heavy atom. The molecule has 0 aliphatic carbocycles. The van der Waals surface area contributed by atoms with Crippen LogP contribution in [0, 0.1) is 6.92 Å². The minimum absolute atomic E-state index is 0.676. The monoisotopic (exact) mass is 303 g/mol. The summed E-state index contributed by atoms with van der Waals surface area (Å²) in [5.74, 6) is 0. The lowest BCUT2D eigenvalue weighted by Crippen LogP contribution is -2.35. The fourth-order valence-corrected chi connectivity index (χ4v) is 2.25. The van der Waals surface area contributed by atoms with Gasteiger partial charge in [-0.1, -0.05) is 17.7 Å². The molecule has 0 saturated carbocycles. The summed E-state index contributed by atoms with van der Waals surface area (Å²) in [6.07, 6.45) is 7.36. The molecule has 2 rings (SSSR count). The minimum Gasteiger partial charge on any atom is -0.362 e. The molecule has 0 unspecified atom stereocenters. The maximum Gasteiger partial charge on any atom is 0.243 e. The number of nitrogens with one attached hydrogen (secondary N) is 2. The van der Waals surface area contributed by atoms with E-state index in [0.29, 0.717) is 5.11 Å². The second-order valence-corrected chi connectivity index (χ2v) is 5.49. The maximum atomic E-state index is 5.29. The van der Waals surface area contributed by atoms with Crippen molar-refractivity contribution >= 4 is 23.0 Å². The lowest BCUT2D eigenvalue weighted by Gasteiger charge is -2.10. The molecular formula is C16H23N4S+.